The second-order valence-electron chi connectivity index (χ2n) is 6.29. The number of carbonyl (C=O) groups is 1. The zero-order chi connectivity index (χ0) is 13.5. The lowest BCUT2D eigenvalue weighted by Crippen LogP contribution is -2.60. The zero-order valence-electron chi connectivity index (χ0n) is 11.5. The van der Waals surface area contributed by atoms with Gasteiger partial charge in [0, 0.05) is 11.9 Å². The minimum atomic E-state index is -0.270. The Labute approximate surface area is 117 Å². The SMILES string of the molecule is CC1(C)CN(C(=O)c2cscn2)CC2(CCCC2)O1. The summed E-state index contributed by atoms with van der Waals surface area (Å²) in [6, 6.07) is 0. The Kier molecular flexibility index (Phi) is 3.14. The maximum absolute atomic E-state index is 12.5. The summed E-state index contributed by atoms with van der Waals surface area (Å²) in [5, 5.41) is 1.83. The van der Waals surface area contributed by atoms with Crippen LogP contribution in [0.15, 0.2) is 10.9 Å². The number of hydrogen-bond donors (Lipinski definition) is 0. The van der Waals surface area contributed by atoms with E-state index < -0.39 is 0 Å². The summed E-state index contributed by atoms with van der Waals surface area (Å²) in [7, 11) is 0. The Morgan fingerprint density at radius 2 is 2.11 bits per heavy atom. The van der Waals surface area contributed by atoms with E-state index in [1.807, 2.05) is 10.3 Å². The molecule has 1 aromatic heterocycles. The molecule has 0 unspecified atom stereocenters. The highest BCUT2D eigenvalue weighted by atomic mass is 32.1. The largest absolute Gasteiger partial charge is 0.365 e. The second kappa shape index (κ2) is 4.56. The van der Waals surface area contributed by atoms with Gasteiger partial charge in [0.2, 0.25) is 0 Å². The molecule has 19 heavy (non-hydrogen) atoms. The molecule has 5 heteroatoms. The van der Waals surface area contributed by atoms with Gasteiger partial charge in [-0.3, -0.25) is 4.79 Å². The summed E-state index contributed by atoms with van der Waals surface area (Å²) < 4.78 is 6.31. The third kappa shape index (κ3) is 2.54. The summed E-state index contributed by atoms with van der Waals surface area (Å²) in [4.78, 5) is 18.6. The van der Waals surface area contributed by atoms with Gasteiger partial charge in [-0.2, -0.15) is 0 Å². The summed E-state index contributed by atoms with van der Waals surface area (Å²) in [5.41, 5.74) is 1.89. The van der Waals surface area contributed by atoms with E-state index in [0.29, 0.717) is 18.8 Å². The third-order valence-electron chi connectivity index (χ3n) is 4.00. The van der Waals surface area contributed by atoms with Crippen molar-refractivity contribution in [2.45, 2.75) is 50.7 Å². The minimum absolute atomic E-state index is 0.0453. The van der Waals surface area contributed by atoms with Crippen LogP contribution in [-0.4, -0.2) is 40.1 Å². The zero-order valence-corrected chi connectivity index (χ0v) is 12.3. The topological polar surface area (TPSA) is 42.4 Å². The number of amides is 1. The van der Waals surface area contributed by atoms with E-state index in [1.165, 1.54) is 24.2 Å². The van der Waals surface area contributed by atoms with E-state index in [9.17, 15) is 4.79 Å². The van der Waals surface area contributed by atoms with Gasteiger partial charge in [-0.25, -0.2) is 4.98 Å². The van der Waals surface area contributed by atoms with E-state index in [0.717, 1.165) is 12.8 Å². The predicted octanol–water partition coefficient (Wildman–Crippen LogP) is 2.71. The van der Waals surface area contributed by atoms with Crippen LogP contribution in [0.25, 0.3) is 0 Å². The Bertz CT molecular complexity index is 464. The number of hydrogen-bond acceptors (Lipinski definition) is 4. The first-order valence-corrected chi connectivity index (χ1v) is 7.82. The van der Waals surface area contributed by atoms with Gasteiger partial charge in [0.05, 0.1) is 23.3 Å². The smallest absolute Gasteiger partial charge is 0.273 e. The van der Waals surface area contributed by atoms with Crippen LogP contribution >= 0.6 is 11.3 Å². The summed E-state index contributed by atoms with van der Waals surface area (Å²) in [6.07, 6.45) is 4.54. The number of carbonyl (C=O) groups excluding carboxylic acids is 1. The van der Waals surface area contributed by atoms with Gasteiger partial charge in [-0.05, 0) is 26.7 Å². The van der Waals surface area contributed by atoms with Crippen LogP contribution in [0.2, 0.25) is 0 Å². The fraction of sp³-hybridized carbons (Fsp3) is 0.714. The Hall–Kier alpha value is -0.940. The predicted molar refractivity (Wildman–Crippen MR) is 74.4 cm³/mol. The molecule has 2 fully saturated rings. The molecule has 1 aromatic rings. The lowest BCUT2D eigenvalue weighted by Gasteiger charge is -2.48. The van der Waals surface area contributed by atoms with Gasteiger partial charge in [-0.15, -0.1) is 11.3 Å². The van der Waals surface area contributed by atoms with Crippen LogP contribution in [0, 0.1) is 0 Å². The normalized spacial score (nSPS) is 24.8. The molecule has 0 radical (unpaired) electrons. The molecule has 1 aliphatic heterocycles. The number of aromatic nitrogens is 1. The molecule has 1 saturated carbocycles. The highest BCUT2D eigenvalue weighted by Gasteiger charge is 2.47. The highest BCUT2D eigenvalue weighted by molar-refractivity contribution is 7.07. The van der Waals surface area contributed by atoms with Crippen LogP contribution in [0.4, 0.5) is 0 Å². The Morgan fingerprint density at radius 1 is 1.37 bits per heavy atom. The number of ether oxygens (including phenoxy) is 1. The molecule has 0 N–H and O–H groups in total. The minimum Gasteiger partial charge on any atom is -0.365 e. The van der Waals surface area contributed by atoms with Crippen molar-refractivity contribution in [2.75, 3.05) is 13.1 Å². The summed E-state index contributed by atoms with van der Waals surface area (Å²) in [6.45, 7) is 5.51. The molecule has 0 bridgehead atoms. The van der Waals surface area contributed by atoms with Crippen molar-refractivity contribution in [2.24, 2.45) is 0 Å². The molecular weight excluding hydrogens is 260 g/mol. The molecule has 2 heterocycles. The van der Waals surface area contributed by atoms with Crippen molar-refractivity contribution in [3.8, 4) is 0 Å². The molecule has 0 aromatic carbocycles. The Balaban J connectivity index is 1.83. The van der Waals surface area contributed by atoms with Crippen LogP contribution < -0.4 is 0 Å². The molecule has 4 nitrogen and oxygen atoms in total. The van der Waals surface area contributed by atoms with Gasteiger partial charge < -0.3 is 9.64 Å². The van der Waals surface area contributed by atoms with Crippen LogP contribution in [0.1, 0.15) is 50.0 Å². The molecule has 1 saturated heterocycles. The van der Waals surface area contributed by atoms with Crippen molar-refractivity contribution in [1.29, 1.82) is 0 Å². The molecule has 104 valence electrons. The van der Waals surface area contributed by atoms with Gasteiger partial charge in [0.25, 0.3) is 5.91 Å². The fourth-order valence-electron chi connectivity index (χ4n) is 3.42. The summed E-state index contributed by atoms with van der Waals surface area (Å²) in [5.74, 6) is 0.0453. The maximum Gasteiger partial charge on any atom is 0.273 e. The highest BCUT2D eigenvalue weighted by Crippen LogP contribution is 2.40. The molecule has 3 rings (SSSR count). The third-order valence-corrected chi connectivity index (χ3v) is 4.58. The summed E-state index contributed by atoms with van der Waals surface area (Å²) >= 11 is 1.47. The fourth-order valence-corrected chi connectivity index (χ4v) is 3.94. The van der Waals surface area contributed by atoms with Crippen molar-refractivity contribution >= 4 is 17.2 Å². The first kappa shape index (κ1) is 13.1. The van der Waals surface area contributed by atoms with Gasteiger partial charge in [0.1, 0.15) is 5.69 Å². The van der Waals surface area contributed by atoms with Crippen LogP contribution in [0.3, 0.4) is 0 Å². The Morgan fingerprint density at radius 3 is 2.74 bits per heavy atom. The first-order valence-electron chi connectivity index (χ1n) is 6.87. The quantitative estimate of drug-likeness (QED) is 0.794. The molecule has 1 spiro atoms. The van der Waals surface area contributed by atoms with Crippen LogP contribution in [0.5, 0.6) is 0 Å². The van der Waals surface area contributed by atoms with E-state index >= 15 is 0 Å². The first-order chi connectivity index (χ1) is 9.00. The van der Waals surface area contributed by atoms with E-state index in [4.69, 9.17) is 4.74 Å². The van der Waals surface area contributed by atoms with Crippen LogP contribution in [-0.2, 0) is 4.74 Å². The van der Waals surface area contributed by atoms with Gasteiger partial charge in [-0.1, -0.05) is 12.8 Å². The molecular formula is C14H20N2O2S. The average molecular weight is 280 g/mol. The number of nitrogens with zero attached hydrogens (tertiary/aromatic N) is 2. The molecule has 1 amide bonds. The maximum atomic E-state index is 12.5. The number of thiazole rings is 1. The molecule has 2 aliphatic rings. The van der Waals surface area contributed by atoms with Crippen molar-refractivity contribution in [3.63, 3.8) is 0 Å². The standard InChI is InChI=1S/C14H20N2O2S/c1-13(2)8-16(12(17)11-7-19-10-15-11)9-14(18-13)5-3-4-6-14/h7,10H,3-6,8-9H2,1-2H3. The van der Waals surface area contributed by atoms with E-state index in [-0.39, 0.29) is 17.1 Å². The molecule has 0 atom stereocenters. The molecule has 1 aliphatic carbocycles. The number of rotatable bonds is 1. The van der Waals surface area contributed by atoms with Gasteiger partial charge in [0.15, 0.2) is 0 Å². The average Bonchev–Trinajstić information content (AvgIpc) is 2.97. The lowest BCUT2D eigenvalue weighted by molar-refractivity contribution is -0.184. The van der Waals surface area contributed by atoms with Crippen molar-refractivity contribution in [1.82, 2.24) is 9.88 Å². The monoisotopic (exact) mass is 280 g/mol. The van der Waals surface area contributed by atoms with Crippen molar-refractivity contribution in [3.05, 3.63) is 16.6 Å². The van der Waals surface area contributed by atoms with Gasteiger partial charge >= 0.3 is 0 Å². The lowest BCUT2D eigenvalue weighted by atomic mass is 9.94. The van der Waals surface area contributed by atoms with E-state index in [1.54, 1.807) is 5.51 Å². The van der Waals surface area contributed by atoms with E-state index in [2.05, 4.69) is 18.8 Å². The van der Waals surface area contributed by atoms with Crippen molar-refractivity contribution < 1.29 is 9.53 Å². The number of morpholine rings is 1. The second-order valence-corrected chi connectivity index (χ2v) is 7.01.